The Labute approximate surface area is 148 Å². The van der Waals surface area contributed by atoms with Crippen molar-refractivity contribution in [2.24, 2.45) is 0 Å². The summed E-state index contributed by atoms with van der Waals surface area (Å²) < 4.78 is 58.1. The van der Waals surface area contributed by atoms with Crippen LogP contribution in [0.2, 0.25) is 0 Å². The van der Waals surface area contributed by atoms with E-state index in [0.29, 0.717) is 31.5 Å². The summed E-state index contributed by atoms with van der Waals surface area (Å²) in [6.45, 7) is 6.06. The van der Waals surface area contributed by atoms with E-state index in [0.717, 1.165) is 6.07 Å². The SMILES string of the molecule is CC(C)(C)OC(=O)N1CCC(c2ccc(F)c(F)c2SC(F)F)CC1. The number of rotatable bonds is 3. The van der Waals surface area contributed by atoms with Gasteiger partial charge >= 0.3 is 6.09 Å². The molecule has 0 aromatic heterocycles. The quantitative estimate of drug-likeness (QED) is 0.521. The maximum absolute atomic E-state index is 14.0. The van der Waals surface area contributed by atoms with Crippen molar-refractivity contribution in [1.29, 1.82) is 0 Å². The number of halogens is 4. The van der Waals surface area contributed by atoms with Crippen LogP contribution in [0.25, 0.3) is 0 Å². The zero-order valence-corrected chi connectivity index (χ0v) is 15.1. The molecule has 0 atom stereocenters. The van der Waals surface area contributed by atoms with Gasteiger partial charge in [0, 0.05) is 13.1 Å². The fourth-order valence-electron chi connectivity index (χ4n) is 2.78. The van der Waals surface area contributed by atoms with Gasteiger partial charge in [-0.1, -0.05) is 17.8 Å². The maximum Gasteiger partial charge on any atom is 0.410 e. The highest BCUT2D eigenvalue weighted by Crippen LogP contribution is 2.39. The third-order valence-corrected chi connectivity index (χ3v) is 4.70. The minimum Gasteiger partial charge on any atom is -0.444 e. The number of thioether (sulfide) groups is 1. The minimum atomic E-state index is -2.84. The first-order chi connectivity index (χ1) is 11.6. The Bertz CT molecular complexity index is 626. The molecule has 0 aliphatic carbocycles. The molecule has 1 heterocycles. The van der Waals surface area contributed by atoms with Crippen LogP contribution in [0.1, 0.15) is 45.1 Å². The van der Waals surface area contributed by atoms with Gasteiger partial charge < -0.3 is 9.64 Å². The van der Waals surface area contributed by atoms with Gasteiger partial charge in [-0.2, -0.15) is 8.78 Å². The van der Waals surface area contributed by atoms with Crippen molar-refractivity contribution in [1.82, 2.24) is 4.90 Å². The van der Waals surface area contributed by atoms with Gasteiger partial charge in [-0.3, -0.25) is 0 Å². The molecule has 0 N–H and O–H groups in total. The van der Waals surface area contributed by atoms with E-state index in [-0.39, 0.29) is 22.6 Å². The normalized spacial score (nSPS) is 16.4. The monoisotopic (exact) mass is 379 g/mol. The third kappa shape index (κ3) is 5.26. The Morgan fingerprint density at radius 2 is 1.84 bits per heavy atom. The molecule has 1 aromatic carbocycles. The molecule has 1 aromatic rings. The number of carbonyl (C=O) groups excluding carboxylic acids is 1. The summed E-state index contributed by atoms with van der Waals surface area (Å²) in [6, 6.07) is 2.32. The average molecular weight is 379 g/mol. The number of piperidine rings is 1. The van der Waals surface area contributed by atoms with Crippen LogP contribution in [0.3, 0.4) is 0 Å². The maximum atomic E-state index is 14.0. The van der Waals surface area contributed by atoms with Crippen molar-refractivity contribution >= 4 is 17.9 Å². The lowest BCUT2D eigenvalue weighted by Gasteiger charge is -2.34. The van der Waals surface area contributed by atoms with E-state index in [2.05, 4.69) is 0 Å². The van der Waals surface area contributed by atoms with E-state index in [9.17, 15) is 22.4 Å². The summed E-state index contributed by atoms with van der Waals surface area (Å²) in [5.74, 6) is -5.43. The molecule has 0 spiro atoms. The van der Waals surface area contributed by atoms with E-state index in [1.165, 1.54) is 6.07 Å². The summed E-state index contributed by atoms with van der Waals surface area (Å²) in [5, 5.41) is 0. The number of hydrogen-bond acceptors (Lipinski definition) is 3. The number of hydrogen-bond donors (Lipinski definition) is 0. The number of alkyl halides is 2. The molecule has 1 amide bonds. The number of ether oxygens (including phenoxy) is 1. The van der Waals surface area contributed by atoms with Crippen molar-refractivity contribution in [3.63, 3.8) is 0 Å². The van der Waals surface area contributed by atoms with Gasteiger partial charge in [-0.15, -0.1) is 0 Å². The molecular weight excluding hydrogens is 358 g/mol. The summed E-state index contributed by atoms with van der Waals surface area (Å²) in [6.07, 6.45) is 0.515. The summed E-state index contributed by atoms with van der Waals surface area (Å²) >= 11 is 0.0209. The first kappa shape index (κ1) is 19.9. The molecule has 0 saturated carbocycles. The predicted octanol–water partition coefficient (Wildman–Crippen LogP) is 5.39. The van der Waals surface area contributed by atoms with Crippen LogP contribution in [0.4, 0.5) is 22.4 Å². The Hall–Kier alpha value is -1.44. The van der Waals surface area contributed by atoms with Crippen molar-refractivity contribution in [2.75, 3.05) is 13.1 Å². The molecule has 0 bridgehead atoms. The van der Waals surface area contributed by atoms with Gasteiger partial charge in [0.25, 0.3) is 5.76 Å². The van der Waals surface area contributed by atoms with Crippen LogP contribution in [-0.2, 0) is 4.74 Å². The number of benzene rings is 1. The fourth-order valence-corrected chi connectivity index (χ4v) is 3.53. The molecule has 1 aliphatic heterocycles. The number of carbonyl (C=O) groups is 1. The lowest BCUT2D eigenvalue weighted by Crippen LogP contribution is -2.41. The predicted molar refractivity (Wildman–Crippen MR) is 88.0 cm³/mol. The van der Waals surface area contributed by atoms with E-state index in [1.54, 1.807) is 25.7 Å². The molecule has 1 fully saturated rings. The summed E-state index contributed by atoms with van der Waals surface area (Å²) in [4.78, 5) is 13.3. The second kappa shape index (κ2) is 7.85. The van der Waals surface area contributed by atoms with E-state index in [1.807, 2.05) is 0 Å². The Kier molecular flexibility index (Phi) is 6.24. The van der Waals surface area contributed by atoms with Crippen LogP contribution in [0, 0.1) is 11.6 Å². The molecular formula is C17H21F4NO2S. The molecule has 2 rings (SSSR count). The van der Waals surface area contributed by atoms with Crippen LogP contribution < -0.4 is 0 Å². The van der Waals surface area contributed by atoms with Crippen molar-refractivity contribution in [3.05, 3.63) is 29.3 Å². The van der Waals surface area contributed by atoms with Crippen LogP contribution in [0.5, 0.6) is 0 Å². The molecule has 1 saturated heterocycles. The topological polar surface area (TPSA) is 29.5 Å². The minimum absolute atomic E-state index is 0.0209. The van der Waals surface area contributed by atoms with E-state index in [4.69, 9.17) is 4.74 Å². The highest BCUT2D eigenvalue weighted by atomic mass is 32.2. The lowest BCUT2D eigenvalue weighted by molar-refractivity contribution is 0.0204. The van der Waals surface area contributed by atoms with Gasteiger partial charge in [0.2, 0.25) is 0 Å². The molecule has 8 heteroatoms. The van der Waals surface area contributed by atoms with Crippen LogP contribution >= 0.6 is 11.8 Å². The van der Waals surface area contributed by atoms with Crippen LogP contribution in [0.15, 0.2) is 17.0 Å². The van der Waals surface area contributed by atoms with Crippen molar-refractivity contribution in [3.8, 4) is 0 Å². The smallest absolute Gasteiger partial charge is 0.410 e. The highest BCUT2D eigenvalue weighted by Gasteiger charge is 2.30. The molecule has 3 nitrogen and oxygen atoms in total. The Morgan fingerprint density at radius 1 is 1.24 bits per heavy atom. The van der Waals surface area contributed by atoms with E-state index < -0.39 is 29.1 Å². The van der Waals surface area contributed by atoms with Gasteiger partial charge in [-0.25, -0.2) is 13.6 Å². The summed E-state index contributed by atoms with van der Waals surface area (Å²) in [5.41, 5.74) is -0.234. The molecule has 0 unspecified atom stereocenters. The zero-order valence-electron chi connectivity index (χ0n) is 14.3. The van der Waals surface area contributed by atoms with Gasteiger partial charge in [0.15, 0.2) is 11.6 Å². The third-order valence-electron chi connectivity index (χ3n) is 3.87. The van der Waals surface area contributed by atoms with Gasteiger partial charge in [0.05, 0.1) is 4.90 Å². The second-order valence-electron chi connectivity index (χ2n) is 6.90. The molecule has 25 heavy (non-hydrogen) atoms. The highest BCUT2D eigenvalue weighted by molar-refractivity contribution is 7.99. The standard InChI is InChI=1S/C17H21F4NO2S/c1-17(2,3)24-16(23)22-8-6-10(7-9-22)11-4-5-12(18)13(19)14(11)25-15(20)21/h4-5,10,15H,6-9H2,1-3H3. The first-order valence-corrected chi connectivity index (χ1v) is 8.87. The second-order valence-corrected chi connectivity index (χ2v) is 7.90. The van der Waals surface area contributed by atoms with Crippen molar-refractivity contribution < 1.29 is 27.1 Å². The molecule has 140 valence electrons. The van der Waals surface area contributed by atoms with Crippen molar-refractivity contribution in [2.45, 2.75) is 55.8 Å². The fraction of sp³-hybridized carbons (Fsp3) is 0.588. The number of likely N-dealkylation sites (tertiary alicyclic amines) is 1. The zero-order chi connectivity index (χ0) is 18.8. The first-order valence-electron chi connectivity index (χ1n) is 7.99. The Morgan fingerprint density at radius 3 is 2.36 bits per heavy atom. The van der Waals surface area contributed by atoms with Gasteiger partial charge in [0.1, 0.15) is 5.60 Å². The molecule has 1 aliphatic rings. The average Bonchev–Trinajstić information content (AvgIpc) is 2.50. The van der Waals surface area contributed by atoms with E-state index >= 15 is 0 Å². The summed E-state index contributed by atoms with van der Waals surface area (Å²) in [7, 11) is 0. The van der Waals surface area contributed by atoms with Crippen LogP contribution in [-0.4, -0.2) is 35.4 Å². The Balaban J connectivity index is 2.10. The largest absolute Gasteiger partial charge is 0.444 e. The number of nitrogens with zero attached hydrogens (tertiary/aromatic N) is 1. The lowest BCUT2D eigenvalue weighted by atomic mass is 9.89. The van der Waals surface area contributed by atoms with Gasteiger partial charge in [-0.05, 0) is 51.2 Å². The molecule has 0 radical (unpaired) electrons. The number of amides is 1.